The lowest BCUT2D eigenvalue weighted by molar-refractivity contribution is -0.141. The van der Waals surface area contributed by atoms with Crippen LogP contribution in [0, 0.1) is 5.92 Å². The predicted octanol–water partition coefficient (Wildman–Crippen LogP) is 0.845. The molecule has 21 heavy (non-hydrogen) atoms. The zero-order valence-corrected chi connectivity index (χ0v) is 12.0. The van der Waals surface area contributed by atoms with E-state index in [-0.39, 0.29) is 23.8 Å². The number of aromatic nitrogens is 2. The van der Waals surface area contributed by atoms with Gasteiger partial charge in [-0.1, -0.05) is 6.42 Å². The van der Waals surface area contributed by atoms with Crippen molar-refractivity contribution in [3.05, 3.63) is 18.0 Å². The summed E-state index contributed by atoms with van der Waals surface area (Å²) in [6.45, 7) is 1.02. The van der Waals surface area contributed by atoms with Crippen LogP contribution in [0.5, 0.6) is 0 Å². The Labute approximate surface area is 123 Å². The first-order valence-corrected chi connectivity index (χ1v) is 7.84. The molecule has 6 nitrogen and oxygen atoms in total. The molecule has 1 aromatic heterocycles. The molecule has 0 bridgehead atoms. The molecule has 3 aliphatic rings. The lowest BCUT2D eigenvalue weighted by Crippen LogP contribution is -2.49. The van der Waals surface area contributed by atoms with Gasteiger partial charge in [0.2, 0.25) is 11.8 Å². The number of nitrogens with zero attached hydrogens (tertiary/aromatic N) is 3. The fourth-order valence-electron chi connectivity index (χ4n) is 3.09. The normalized spacial score (nSPS) is 25.1. The van der Waals surface area contributed by atoms with Crippen LogP contribution in [0.2, 0.25) is 0 Å². The first-order valence-electron chi connectivity index (χ1n) is 7.84. The van der Waals surface area contributed by atoms with Gasteiger partial charge < -0.3 is 10.2 Å². The Morgan fingerprint density at radius 2 is 2.05 bits per heavy atom. The second kappa shape index (κ2) is 4.86. The van der Waals surface area contributed by atoms with Crippen LogP contribution in [-0.2, 0) is 16.1 Å². The number of hydrogen-bond acceptors (Lipinski definition) is 3. The van der Waals surface area contributed by atoms with Crippen LogP contribution in [0.15, 0.2) is 12.3 Å². The fourth-order valence-corrected chi connectivity index (χ4v) is 3.09. The quantitative estimate of drug-likeness (QED) is 0.896. The van der Waals surface area contributed by atoms with Gasteiger partial charge >= 0.3 is 0 Å². The number of carbonyl (C=O) groups excluding carboxylic acids is 2. The van der Waals surface area contributed by atoms with E-state index >= 15 is 0 Å². The van der Waals surface area contributed by atoms with E-state index in [1.165, 1.54) is 0 Å². The lowest BCUT2D eigenvalue weighted by Gasteiger charge is -2.37. The number of rotatable bonds is 3. The molecule has 1 N–H and O–H groups in total. The van der Waals surface area contributed by atoms with Gasteiger partial charge in [0.1, 0.15) is 6.04 Å². The van der Waals surface area contributed by atoms with Crippen molar-refractivity contribution in [3.63, 3.8) is 0 Å². The Hall–Kier alpha value is -1.85. The minimum Gasteiger partial charge on any atom is -0.351 e. The number of carbonyl (C=O) groups is 2. The van der Waals surface area contributed by atoms with Gasteiger partial charge in [0.15, 0.2) is 0 Å². The molecule has 2 fully saturated rings. The van der Waals surface area contributed by atoms with E-state index in [9.17, 15) is 9.59 Å². The topological polar surface area (TPSA) is 67.2 Å². The molecule has 0 spiro atoms. The van der Waals surface area contributed by atoms with Crippen molar-refractivity contribution in [2.24, 2.45) is 5.92 Å². The molecule has 1 aromatic rings. The van der Waals surface area contributed by atoms with Crippen LogP contribution in [0.25, 0.3) is 0 Å². The molecule has 6 heteroatoms. The molecule has 2 aliphatic carbocycles. The maximum absolute atomic E-state index is 12.5. The highest BCUT2D eigenvalue weighted by Crippen LogP contribution is 2.31. The zero-order chi connectivity index (χ0) is 14.4. The number of hydrogen-bond donors (Lipinski definition) is 1. The second-order valence-electron chi connectivity index (χ2n) is 6.41. The first kappa shape index (κ1) is 12.9. The van der Waals surface area contributed by atoms with Crippen LogP contribution < -0.4 is 5.32 Å². The van der Waals surface area contributed by atoms with E-state index < -0.39 is 0 Å². The Balaban J connectivity index is 1.54. The van der Waals surface area contributed by atoms with Crippen molar-refractivity contribution >= 4 is 11.8 Å². The molecule has 4 rings (SSSR count). The van der Waals surface area contributed by atoms with E-state index in [0.29, 0.717) is 19.1 Å². The SMILES string of the molecule is O=C(NC1CC1)[C@@H]1CN(C(=O)C2CCC2)Cc2ccnn21. The summed E-state index contributed by atoms with van der Waals surface area (Å²) in [6, 6.07) is 1.85. The van der Waals surface area contributed by atoms with Crippen LogP contribution in [0.1, 0.15) is 43.8 Å². The van der Waals surface area contributed by atoms with Gasteiger partial charge in [-0.15, -0.1) is 0 Å². The maximum Gasteiger partial charge on any atom is 0.246 e. The fraction of sp³-hybridized carbons (Fsp3) is 0.667. The van der Waals surface area contributed by atoms with Crippen LogP contribution >= 0.6 is 0 Å². The van der Waals surface area contributed by atoms with Gasteiger partial charge in [-0.3, -0.25) is 14.3 Å². The van der Waals surface area contributed by atoms with E-state index in [2.05, 4.69) is 10.4 Å². The lowest BCUT2D eigenvalue weighted by atomic mass is 9.84. The molecular formula is C15H20N4O2. The highest BCUT2D eigenvalue weighted by atomic mass is 16.2. The molecular weight excluding hydrogens is 268 g/mol. The Morgan fingerprint density at radius 1 is 1.24 bits per heavy atom. The third-order valence-electron chi connectivity index (χ3n) is 4.79. The van der Waals surface area contributed by atoms with Crippen LogP contribution in [0.3, 0.4) is 0 Å². The smallest absolute Gasteiger partial charge is 0.246 e. The van der Waals surface area contributed by atoms with Crippen LogP contribution in [0.4, 0.5) is 0 Å². The summed E-state index contributed by atoms with van der Waals surface area (Å²) in [5.41, 5.74) is 0.949. The van der Waals surface area contributed by atoms with Gasteiger partial charge in [-0.05, 0) is 31.7 Å². The third kappa shape index (κ3) is 2.32. The summed E-state index contributed by atoms with van der Waals surface area (Å²) in [6.07, 6.45) is 6.98. The predicted molar refractivity (Wildman–Crippen MR) is 75.2 cm³/mol. The standard InChI is InChI=1S/C15H20N4O2/c20-14(17-11-4-5-11)13-9-18(15(21)10-2-1-3-10)8-12-6-7-16-19(12)13/h6-7,10-11,13H,1-5,8-9H2,(H,17,20)/t13-/m0/s1. The summed E-state index contributed by atoms with van der Waals surface area (Å²) < 4.78 is 1.78. The van der Waals surface area contributed by atoms with Crippen molar-refractivity contribution in [3.8, 4) is 0 Å². The Kier molecular flexibility index (Phi) is 2.97. The van der Waals surface area contributed by atoms with Gasteiger partial charge in [-0.2, -0.15) is 5.10 Å². The van der Waals surface area contributed by atoms with Crippen molar-refractivity contribution < 1.29 is 9.59 Å². The van der Waals surface area contributed by atoms with E-state index in [4.69, 9.17) is 0 Å². The van der Waals surface area contributed by atoms with Crippen molar-refractivity contribution in [2.75, 3.05) is 6.54 Å². The summed E-state index contributed by atoms with van der Waals surface area (Å²) in [5.74, 6) is 0.373. The largest absolute Gasteiger partial charge is 0.351 e. The van der Waals surface area contributed by atoms with Gasteiger partial charge in [-0.25, -0.2) is 0 Å². The summed E-state index contributed by atoms with van der Waals surface area (Å²) in [5, 5.41) is 7.31. The van der Waals surface area contributed by atoms with Crippen molar-refractivity contribution in [2.45, 2.75) is 50.7 Å². The minimum absolute atomic E-state index is 0.00596. The zero-order valence-electron chi connectivity index (χ0n) is 12.0. The molecule has 0 unspecified atom stereocenters. The van der Waals surface area contributed by atoms with Gasteiger partial charge in [0, 0.05) is 18.2 Å². The average molecular weight is 288 g/mol. The van der Waals surface area contributed by atoms with E-state index in [1.807, 2.05) is 11.0 Å². The second-order valence-corrected chi connectivity index (χ2v) is 6.41. The molecule has 2 saturated carbocycles. The Bertz CT molecular complexity index is 574. The maximum atomic E-state index is 12.5. The highest BCUT2D eigenvalue weighted by Gasteiger charge is 2.38. The molecule has 2 amide bonds. The molecule has 0 aromatic carbocycles. The van der Waals surface area contributed by atoms with Gasteiger partial charge in [0.25, 0.3) is 0 Å². The number of fused-ring (bicyclic) bond motifs is 1. The van der Waals surface area contributed by atoms with Crippen molar-refractivity contribution in [1.29, 1.82) is 0 Å². The minimum atomic E-state index is -0.381. The van der Waals surface area contributed by atoms with E-state index in [0.717, 1.165) is 37.8 Å². The van der Waals surface area contributed by atoms with Crippen LogP contribution in [-0.4, -0.2) is 39.1 Å². The Morgan fingerprint density at radius 3 is 2.71 bits per heavy atom. The number of nitrogens with one attached hydrogen (secondary N) is 1. The van der Waals surface area contributed by atoms with Crippen molar-refractivity contribution in [1.82, 2.24) is 20.0 Å². The summed E-state index contributed by atoms with van der Waals surface area (Å²) in [4.78, 5) is 26.7. The number of amides is 2. The molecule has 0 radical (unpaired) electrons. The molecule has 2 heterocycles. The highest BCUT2D eigenvalue weighted by molar-refractivity contribution is 5.84. The van der Waals surface area contributed by atoms with Gasteiger partial charge in [0.05, 0.1) is 18.8 Å². The molecule has 1 atom stereocenters. The first-order chi connectivity index (χ1) is 10.2. The summed E-state index contributed by atoms with van der Waals surface area (Å²) in [7, 11) is 0. The third-order valence-corrected chi connectivity index (χ3v) is 4.79. The monoisotopic (exact) mass is 288 g/mol. The molecule has 112 valence electrons. The molecule has 1 aliphatic heterocycles. The summed E-state index contributed by atoms with van der Waals surface area (Å²) >= 11 is 0. The average Bonchev–Trinajstić information content (AvgIpc) is 3.09. The molecule has 0 saturated heterocycles. The van der Waals surface area contributed by atoms with E-state index in [1.54, 1.807) is 10.9 Å².